The van der Waals surface area contributed by atoms with Gasteiger partial charge in [0.15, 0.2) is 11.5 Å². The van der Waals surface area contributed by atoms with Crippen LogP contribution in [0.5, 0.6) is 11.5 Å². The molecule has 0 heterocycles. The van der Waals surface area contributed by atoms with Crippen molar-refractivity contribution in [3.05, 3.63) is 17.7 Å². The second kappa shape index (κ2) is 15.5. The SMILES string of the molecule is CCCCCOc1cc(S(=O)(=O)[O-])c(CCCOCC(CC)CC)cc1OC.[Na+]. The molecular weight excluding hydrogens is 403 g/mol. The molecule has 0 unspecified atom stereocenters. The van der Waals surface area contributed by atoms with Gasteiger partial charge in [0.25, 0.3) is 0 Å². The van der Waals surface area contributed by atoms with E-state index in [0.29, 0.717) is 55.6 Å². The molecule has 0 atom stereocenters. The van der Waals surface area contributed by atoms with Crippen molar-refractivity contribution in [3.63, 3.8) is 0 Å². The van der Waals surface area contributed by atoms with Gasteiger partial charge in [0.05, 0.1) is 18.6 Å². The van der Waals surface area contributed by atoms with Crippen LogP contribution in [-0.2, 0) is 21.3 Å². The second-order valence-corrected chi connectivity index (χ2v) is 8.33. The molecule has 0 saturated heterocycles. The summed E-state index contributed by atoms with van der Waals surface area (Å²) in [7, 11) is -3.10. The fraction of sp³-hybridized carbons (Fsp3) is 0.714. The van der Waals surface area contributed by atoms with Gasteiger partial charge in [-0.1, -0.05) is 46.5 Å². The molecule has 29 heavy (non-hydrogen) atoms. The Morgan fingerprint density at radius 2 is 1.69 bits per heavy atom. The van der Waals surface area contributed by atoms with E-state index in [-0.39, 0.29) is 34.5 Å². The van der Waals surface area contributed by atoms with Gasteiger partial charge in [-0.2, -0.15) is 0 Å². The number of hydrogen-bond acceptors (Lipinski definition) is 6. The van der Waals surface area contributed by atoms with Gasteiger partial charge in [-0.15, -0.1) is 0 Å². The van der Waals surface area contributed by atoms with E-state index in [1.54, 1.807) is 6.07 Å². The first-order chi connectivity index (χ1) is 13.4. The molecule has 0 aliphatic carbocycles. The summed E-state index contributed by atoms with van der Waals surface area (Å²) in [4.78, 5) is -0.237. The molecule has 162 valence electrons. The van der Waals surface area contributed by atoms with Crippen LogP contribution in [0.1, 0.15) is 64.9 Å². The number of benzene rings is 1. The van der Waals surface area contributed by atoms with Crippen molar-refractivity contribution in [2.75, 3.05) is 26.9 Å². The zero-order valence-corrected chi connectivity index (χ0v) is 21.5. The Bertz CT molecular complexity index is 674. The molecule has 1 aromatic carbocycles. The number of methoxy groups -OCH3 is 1. The molecule has 0 saturated carbocycles. The van der Waals surface area contributed by atoms with Crippen LogP contribution in [0.15, 0.2) is 17.0 Å². The molecule has 0 radical (unpaired) electrons. The topological polar surface area (TPSA) is 84.9 Å². The first-order valence-corrected chi connectivity index (χ1v) is 11.6. The minimum Gasteiger partial charge on any atom is -0.744 e. The Labute approximate surface area is 198 Å². The summed E-state index contributed by atoms with van der Waals surface area (Å²) in [5.41, 5.74) is 0.443. The van der Waals surface area contributed by atoms with Crippen LogP contribution >= 0.6 is 0 Å². The van der Waals surface area contributed by atoms with Crippen molar-refractivity contribution in [2.24, 2.45) is 5.92 Å². The number of aryl methyl sites for hydroxylation is 1. The Kier molecular flexibility index (Phi) is 15.3. The number of rotatable bonds is 15. The third-order valence-corrected chi connectivity index (χ3v) is 5.78. The van der Waals surface area contributed by atoms with E-state index >= 15 is 0 Å². The summed E-state index contributed by atoms with van der Waals surface area (Å²) in [6, 6.07) is 2.90. The summed E-state index contributed by atoms with van der Waals surface area (Å²) in [6.45, 7) is 8.04. The van der Waals surface area contributed by atoms with Crippen LogP contribution in [0.25, 0.3) is 0 Å². The van der Waals surface area contributed by atoms with Gasteiger partial charge in [0, 0.05) is 19.3 Å². The Morgan fingerprint density at radius 3 is 2.24 bits per heavy atom. The first kappa shape index (κ1) is 28.7. The van der Waals surface area contributed by atoms with Crippen molar-refractivity contribution in [1.29, 1.82) is 0 Å². The molecule has 0 spiro atoms. The van der Waals surface area contributed by atoms with E-state index in [4.69, 9.17) is 14.2 Å². The predicted octanol–water partition coefficient (Wildman–Crippen LogP) is 1.56. The standard InChI is InChI=1S/C21H36O6S.Na/c1-5-8-9-13-27-20-15-21(28(22,23)24)18(14-19(20)25-4)11-10-12-26-16-17(6-2)7-3;/h14-15,17H,5-13,16H2,1-4H3,(H,22,23,24);/q;+1/p-1. The van der Waals surface area contributed by atoms with Crippen molar-refractivity contribution in [2.45, 2.75) is 70.6 Å². The molecule has 8 heteroatoms. The maximum atomic E-state index is 11.8. The molecule has 0 amide bonds. The molecule has 0 aromatic heterocycles. The van der Waals surface area contributed by atoms with Crippen molar-refractivity contribution < 1.29 is 56.7 Å². The van der Waals surface area contributed by atoms with Crippen LogP contribution in [0.3, 0.4) is 0 Å². The minimum atomic E-state index is -4.61. The van der Waals surface area contributed by atoms with Gasteiger partial charge in [0.2, 0.25) is 0 Å². The van der Waals surface area contributed by atoms with E-state index in [1.807, 2.05) is 0 Å². The maximum absolute atomic E-state index is 11.8. The molecule has 0 aliphatic heterocycles. The quantitative estimate of drug-likeness (QED) is 0.235. The van der Waals surface area contributed by atoms with Gasteiger partial charge in [-0.25, -0.2) is 8.42 Å². The van der Waals surface area contributed by atoms with E-state index in [9.17, 15) is 13.0 Å². The molecule has 0 N–H and O–H groups in total. The predicted molar refractivity (Wildman–Crippen MR) is 109 cm³/mol. The molecule has 6 nitrogen and oxygen atoms in total. The third kappa shape index (κ3) is 10.5. The van der Waals surface area contributed by atoms with Crippen LogP contribution in [0.2, 0.25) is 0 Å². The second-order valence-electron chi connectivity index (χ2n) is 6.98. The zero-order valence-electron chi connectivity index (χ0n) is 18.7. The van der Waals surface area contributed by atoms with Crippen molar-refractivity contribution >= 4 is 10.1 Å². The summed E-state index contributed by atoms with van der Waals surface area (Å²) in [5, 5.41) is 0. The van der Waals surface area contributed by atoms with Crippen LogP contribution < -0.4 is 39.0 Å². The third-order valence-electron chi connectivity index (χ3n) is 4.86. The van der Waals surface area contributed by atoms with Crippen molar-refractivity contribution in [1.82, 2.24) is 0 Å². The number of hydrogen-bond donors (Lipinski definition) is 0. The van der Waals surface area contributed by atoms with Crippen molar-refractivity contribution in [3.8, 4) is 11.5 Å². The van der Waals surface area contributed by atoms with Crippen LogP contribution in [0.4, 0.5) is 0 Å². The van der Waals surface area contributed by atoms with E-state index in [2.05, 4.69) is 20.8 Å². The molecule has 1 aromatic rings. The normalized spacial score (nSPS) is 11.4. The summed E-state index contributed by atoms with van der Waals surface area (Å²) in [6.07, 6.45) is 6.13. The van der Waals surface area contributed by atoms with Crippen LogP contribution in [0, 0.1) is 5.92 Å². The zero-order chi connectivity index (χ0) is 21.0. The number of ether oxygens (including phenoxy) is 3. The van der Waals surface area contributed by atoms with Gasteiger partial charge >= 0.3 is 29.6 Å². The summed E-state index contributed by atoms with van der Waals surface area (Å²) >= 11 is 0. The van der Waals surface area contributed by atoms with Gasteiger partial charge in [-0.3, -0.25) is 0 Å². The Morgan fingerprint density at radius 1 is 1.00 bits per heavy atom. The minimum absolute atomic E-state index is 0. The summed E-state index contributed by atoms with van der Waals surface area (Å²) < 4.78 is 52.0. The first-order valence-electron chi connectivity index (χ1n) is 10.2. The van der Waals surface area contributed by atoms with Crippen LogP contribution in [-0.4, -0.2) is 39.9 Å². The average Bonchev–Trinajstić information content (AvgIpc) is 2.67. The Balaban J connectivity index is 0.00000784. The van der Waals surface area contributed by atoms with E-state index < -0.39 is 10.1 Å². The molecule has 0 aliphatic rings. The fourth-order valence-electron chi connectivity index (χ4n) is 2.96. The van der Waals surface area contributed by atoms with Gasteiger partial charge < -0.3 is 18.8 Å². The van der Waals surface area contributed by atoms with E-state index in [1.165, 1.54) is 13.2 Å². The maximum Gasteiger partial charge on any atom is 1.00 e. The van der Waals surface area contributed by atoms with E-state index in [0.717, 1.165) is 32.1 Å². The fourth-order valence-corrected chi connectivity index (χ4v) is 3.69. The molecule has 1 rings (SSSR count). The average molecular weight is 439 g/mol. The largest absolute Gasteiger partial charge is 1.00 e. The summed E-state index contributed by atoms with van der Waals surface area (Å²) in [5.74, 6) is 1.28. The van der Waals surface area contributed by atoms with Gasteiger partial charge in [-0.05, 0) is 36.8 Å². The Hall–Kier alpha value is -0.310. The molecular formula is C21H35NaO6S. The van der Waals surface area contributed by atoms with Gasteiger partial charge in [0.1, 0.15) is 10.1 Å². The smallest absolute Gasteiger partial charge is 0.744 e. The monoisotopic (exact) mass is 438 g/mol. The number of unbranched alkanes of at least 4 members (excludes halogenated alkanes) is 2. The molecule has 0 fully saturated rings. The molecule has 0 bridgehead atoms.